The minimum Gasteiger partial charge on any atom is -0.415 e. The normalized spacial score (nSPS) is 11.8. The average molecular weight is 427 g/mol. The average Bonchev–Trinajstić information content (AvgIpc) is 3.29. The van der Waals surface area contributed by atoms with E-state index in [9.17, 15) is 4.79 Å². The van der Waals surface area contributed by atoms with Crippen LogP contribution in [0.2, 0.25) is 0 Å². The van der Waals surface area contributed by atoms with E-state index in [-0.39, 0.29) is 11.4 Å². The van der Waals surface area contributed by atoms with Crippen LogP contribution in [-0.2, 0) is 6.54 Å². The molecule has 0 aliphatic heterocycles. The fraction of sp³-hybridized carbons (Fsp3) is 0.217. The second-order valence-electron chi connectivity index (χ2n) is 7.35. The summed E-state index contributed by atoms with van der Waals surface area (Å²) in [7, 11) is 1.90. The van der Waals surface area contributed by atoms with Crippen molar-refractivity contribution in [3.8, 4) is 40.4 Å². The maximum atomic E-state index is 12.1. The molecule has 1 unspecified atom stereocenters. The van der Waals surface area contributed by atoms with Gasteiger partial charge in [-0.2, -0.15) is 5.26 Å². The standard InChI is InChI=1S/C23H21N7O2/c1-14-8-16(10-25-3)4-6-18(14)22-28-29-23(32-22)20-12-26-11-19(27-20)17-5-7-21(31)30(13-17)15(2)9-24/h4-8,11-13,15,25H,10H2,1-3H3. The molecule has 0 bridgehead atoms. The summed E-state index contributed by atoms with van der Waals surface area (Å²) in [4.78, 5) is 20.9. The number of rotatable bonds is 6. The molecular formula is C23H21N7O2. The van der Waals surface area contributed by atoms with E-state index >= 15 is 0 Å². The third-order valence-corrected chi connectivity index (χ3v) is 5.02. The van der Waals surface area contributed by atoms with E-state index in [4.69, 9.17) is 9.68 Å². The van der Waals surface area contributed by atoms with Crippen LogP contribution in [0.15, 0.2) is 58.1 Å². The van der Waals surface area contributed by atoms with Gasteiger partial charge in [0.1, 0.15) is 11.7 Å². The number of aryl methyl sites for hydroxylation is 1. The Balaban J connectivity index is 1.67. The molecule has 32 heavy (non-hydrogen) atoms. The highest BCUT2D eigenvalue weighted by atomic mass is 16.4. The molecule has 4 rings (SSSR count). The predicted molar refractivity (Wildman–Crippen MR) is 118 cm³/mol. The van der Waals surface area contributed by atoms with Gasteiger partial charge in [0.05, 0.1) is 24.2 Å². The molecule has 160 valence electrons. The summed E-state index contributed by atoms with van der Waals surface area (Å²) in [5, 5.41) is 20.6. The number of pyridine rings is 1. The summed E-state index contributed by atoms with van der Waals surface area (Å²) in [6, 6.07) is 10.6. The fourth-order valence-electron chi connectivity index (χ4n) is 3.34. The van der Waals surface area contributed by atoms with Crippen molar-refractivity contribution in [2.45, 2.75) is 26.4 Å². The Labute approximate surface area is 184 Å². The van der Waals surface area contributed by atoms with E-state index in [1.54, 1.807) is 25.4 Å². The van der Waals surface area contributed by atoms with Gasteiger partial charge in [0.15, 0.2) is 0 Å². The molecule has 0 spiro atoms. The molecule has 3 heterocycles. The highest BCUT2D eigenvalue weighted by Gasteiger charge is 2.15. The minimum atomic E-state index is -0.597. The van der Waals surface area contributed by atoms with Crippen LogP contribution in [0.3, 0.4) is 0 Å². The van der Waals surface area contributed by atoms with Gasteiger partial charge in [-0.3, -0.25) is 14.3 Å². The van der Waals surface area contributed by atoms with E-state index in [0.29, 0.717) is 22.8 Å². The summed E-state index contributed by atoms with van der Waals surface area (Å²) in [5.41, 5.74) is 4.37. The van der Waals surface area contributed by atoms with Gasteiger partial charge < -0.3 is 9.73 Å². The Bertz CT molecular complexity index is 1370. The Morgan fingerprint density at radius 1 is 1.16 bits per heavy atom. The van der Waals surface area contributed by atoms with Gasteiger partial charge in [-0.15, -0.1) is 10.2 Å². The Kier molecular flexibility index (Phi) is 5.87. The van der Waals surface area contributed by atoms with Crippen LogP contribution in [0.25, 0.3) is 34.3 Å². The van der Waals surface area contributed by atoms with Crippen LogP contribution >= 0.6 is 0 Å². The number of nitrogens with zero attached hydrogens (tertiary/aromatic N) is 6. The number of hydrogen-bond acceptors (Lipinski definition) is 8. The van der Waals surface area contributed by atoms with E-state index in [1.165, 1.54) is 22.4 Å². The lowest BCUT2D eigenvalue weighted by Crippen LogP contribution is -2.21. The van der Waals surface area contributed by atoms with Crippen LogP contribution in [-0.4, -0.2) is 31.8 Å². The van der Waals surface area contributed by atoms with Gasteiger partial charge in [-0.05, 0) is 44.2 Å². The number of hydrogen-bond donors (Lipinski definition) is 1. The summed E-state index contributed by atoms with van der Waals surface area (Å²) < 4.78 is 7.24. The zero-order valence-electron chi connectivity index (χ0n) is 17.9. The third-order valence-electron chi connectivity index (χ3n) is 5.02. The van der Waals surface area contributed by atoms with Crippen LogP contribution in [0, 0.1) is 18.3 Å². The van der Waals surface area contributed by atoms with E-state index in [0.717, 1.165) is 17.7 Å². The molecule has 1 N–H and O–H groups in total. The topological polar surface area (TPSA) is 123 Å². The predicted octanol–water partition coefficient (Wildman–Crippen LogP) is 3.13. The molecule has 9 heteroatoms. The van der Waals surface area contributed by atoms with Gasteiger partial charge in [-0.25, -0.2) is 4.98 Å². The van der Waals surface area contributed by atoms with Crippen molar-refractivity contribution in [2.24, 2.45) is 0 Å². The first-order chi connectivity index (χ1) is 15.5. The summed E-state index contributed by atoms with van der Waals surface area (Å²) in [6.45, 7) is 4.43. The fourth-order valence-corrected chi connectivity index (χ4v) is 3.34. The number of nitrogens with one attached hydrogen (secondary N) is 1. The van der Waals surface area contributed by atoms with E-state index < -0.39 is 6.04 Å². The lowest BCUT2D eigenvalue weighted by Gasteiger charge is -2.09. The van der Waals surface area contributed by atoms with Gasteiger partial charge in [0.2, 0.25) is 5.89 Å². The third kappa shape index (κ3) is 4.17. The molecule has 3 aromatic heterocycles. The second kappa shape index (κ2) is 8.91. The van der Waals surface area contributed by atoms with E-state index in [2.05, 4.69) is 37.6 Å². The van der Waals surface area contributed by atoms with E-state index in [1.807, 2.05) is 26.1 Å². The zero-order valence-corrected chi connectivity index (χ0v) is 17.9. The van der Waals surface area contributed by atoms with Crippen LogP contribution < -0.4 is 10.9 Å². The number of aromatic nitrogens is 5. The van der Waals surface area contributed by atoms with Gasteiger partial charge in [0, 0.05) is 29.9 Å². The first-order valence-corrected chi connectivity index (χ1v) is 10.0. The summed E-state index contributed by atoms with van der Waals surface area (Å²) in [6.07, 6.45) is 4.71. The molecule has 0 saturated carbocycles. The van der Waals surface area contributed by atoms with Crippen molar-refractivity contribution in [2.75, 3.05) is 7.05 Å². The largest absolute Gasteiger partial charge is 0.415 e. The molecular weight excluding hydrogens is 406 g/mol. The lowest BCUT2D eigenvalue weighted by molar-refractivity contribution is 0.581. The summed E-state index contributed by atoms with van der Waals surface area (Å²) >= 11 is 0. The quantitative estimate of drug-likeness (QED) is 0.498. The molecule has 0 radical (unpaired) electrons. The first-order valence-electron chi connectivity index (χ1n) is 10.0. The zero-order chi connectivity index (χ0) is 22.7. The van der Waals surface area contributed by atoms with Crippen molar-refractivity contribution in [1.29, 1.82) is 5.26 Å². The smallest absolute Gasteiger partial charge is 0.268 e. The monoisotopic (exact) mass is 427 g/mol. The molecule has 1 atom stereocenters. The van der Waals surface area contributed by atoms with Gasteiger partial charge in [-0.1, -0.05) is 12.1 Å². The first kappa shape index (κ1) is 21.1. The molecule has 1 aromatic carbocycles. The lowest BCUT2D eigenvalue weighted by atomic mass is 10.1. The van der Waals surface area contributed by atoms with Crippen molar-refractivity contribution in [3.05, 3.63) is 70.4 Å². The van der Waals surface area contributed by atoms with Crippen molar-refractivity contribution in [1.82, 2.24) is 30.0 Å². The SMILES string of the molecule is CNCc1ccc(-c2nnc(-c3cncc(-c4ccc(=O)n(C(C)C#N)c4)n3)o2)c(C)c1. The Morgan fingerprint density at radius 2 is 1.94 bits per heavy atom. The molecule has 0 amide bonds. The molecule has 0 aliphatic rings. The Hall–Kier alpha value is -4.16. The number of benzene rings is 1. The van der Waals surface area contributed by atoms with Crippen LogP contribution in [0.5, 0.6) is 0 Å². The summed E-state index contributed by atoms with van der Waals surface area (Å²) in [5.74, 6) is 0.642. The molecule has 0 fully saturated rings. The molecule has 0 saturated heterocycles. The van der Waals surface area contributed by atoms with Crippen LogP contribution in [0.1, 0.15) is 24.1 Å². The van der Waals surface area contributed by atoms with Crippen molar-refractivity contribution < 1.29 is 4.42 Å². The minimum absolute atomic E-state index is 0.242. The van der Waals surface area contributed by atoms with Crippen molar-refractivity contribution in [3.63, 3.8) is 0 Å². The maximum absolute atomic E-state index is 12.1. The molecule has 4 aromatic rings. The highest BCUT2D eigenvalue weighted by Crippen LogP contribution is 2.27. The maximum Gasteiger partial charge on any atom is 0.268 e. The van der Waals surface area contributed by atoms with Crippen LogP contribution in [0.4, 0.5) is 0 Å². The van der Waals surface area contributed by atoms with Gasteiger partial charge >= 0.3 is 0 Å². The highest BCUT2D eigenvalue weighted by molar-refractivity contribution is 5.62. The van der Waals surface area contributed by atoms with Crippen molar-refractivity contribution >= 4 is 0 Å². The Morgan fingerprint density at radius 3 is 2.69 bits per heavy atom. The molecule has 0 aliphatic carbocycles. The van der Waals surface area contributed by atoms with Gasteiger partial charge in [0.25, 0.3) is 11.4 Å². The second-order valence-corrected chi connectivity index (χ2v) is 7.35. The number of nitriles is 1. The molecule has 9 nitrogen and oxygen atoms in total.